The molecule has 23 heavy (non-hydrogen) atoms. The SMILES string of the molecule is O=C(Nc1ccccc1N1CCOCC1)c1cnc(Cl)c(Cl)c1. The molecule has 5 nitrogen and oxygen atoms in total. The average molecular weight is 352 g/mol. The number of pyridine rings is 1. The van der Waals surface area contributed by atoms with Crippen LogP contribution in [0.15, 0.2) is 36.5 Å². The van der Waals surface area contributed by atoms with Crippen molar-refractivity contribution in [3.63, 3.8) is 0 Å². The standard InChI is InChI=1S/C16H15Cl2N3O2/c17-12-9-11(10-19-15(12)18)16(22)20-13-3-1-2-4-14(13)21-5-7-23-8-6-21/h1-4,9-10H,5-8H2,(H,20,22). The Kier molecular flexibility index (Phi) is 5.00. The second kappa shape index (κ2) is 7.17. The monoisotopic (exact) mass is 351 g/mol. The van der Waals surface area contributed by atoms with Gasteiger partial charge in [-0.25, -0.2) is 4.98 Å². The minimum Gasteiger partial charge on any atom is -0.378 e. The molecule has 1 N–H and O–H groups in total. The normalized spacial score (nSPS) is 14.6. The number of amides is 1. The summed E-state index contributed by atoms with van der Waals surface area (Å²) >= 11 is 11.7. The zero-order valence-corrected chi connectivity index (χ0v) is 13.8. The Morgan fingerprint density at radius 1 is 1.22 bits per heavy atom. The molecule has 1 saturated heterocycles. The van der Waals surface area contributed by atoms with E-state index in [0.717, 1.165) is 24.5 Å². The number of hydrogen-bond acceptors (Lipinski definition) is 4. The number of hydrogen-bond donors (Lipinski definition) is 1. The number of rotatable bonds is 3. The van der Waals surface area contributed by atoms with Gasteiger partial charge in [-0.1, -0.05) is 35.3 Å². The Morgan fingerprint density at radius 2 is 1.96 bits per heavy atom. The van der Waals surface area contributed by atoms with Gasteiger partial charge in [-0.3, -0.25) is 4.79 Å². The van der Waals surface area contributed by atoms with Crippen molar-refractivity contribution in [1.29, 1.82) is 0 Å². The van der Waals surface area contributed by atoms with E-state index in [1.165, 1.54) is 12.3 Å². The number of nitrogens with zero attached hydrogens (tertiary/aromatic N) is 2. The molecule has 1 aromatic carbocycles. The van der Waals surface area contributed by atoms with E-state index in [1.54, 1.807) is 0 Å². The Labute approximate surface area is 144 Å². The minimum absolute atomic E-state index is 0.178. The molecule has 1 aliphatic heterocycles. The van der Waals surface area contributed by atoms with Gasteiger partial charge in [-0.2, -0.15) is 0 Å². The predicted molar refractivity (Wildman–Crippen MR) is 91.7 cm³/mol. The molecule has 0 saturated carbocycles. The molecule has 2 aromatic rings. The first-order chi connectivity index (χ1) is 11.1. The van der Waals surface area contributed by atoms with Crippen molar-refractivity contribution < 1.29 is 9.53 Å². The number of carbonyl (C=O) groups is 1. The van der Waals surface area contributed by atoms with Crippen LogP contribution in [0.2, 0.25) is 10.2 Å². The number of anilines is 2. The third kappa shape index (κ3) is 3.75. The van der Waals surface area contributed by atoms with Crippen molar-refractivity contribution in [1.82, 2.24) is 4.98 Å². The molecule has 2 heterocycles. The molecule has 0 aliphatic carbocycles. The number of aromatic nitrogens is 1. The van der Waals surface area contributed by atoms with Gasteiger partial charge in [0, 0.05) is 19.3 Å². The van der Waals surface area contributed by atoms with E-state index < -0.39 is 0 Å². The van der Waals surface area contributed by atoms with E-state index in [2.05, 4.69) is 15.2 Å². The van der Waals surface area contributed by atoms with Gasteiger partial charge < -0.3 is 15.0 Å². The third-order valence-electron chi connectivity index (χ3n) is 3.56. The molecule has 1 amide bonds. The minimum atomic E-state index is -0.281. The maximum absolute atomic E-state index is 12.4. The number of para-hydroxylation sites is 2. The fourth-order valence-electron chi connectivity index (χ4n) is 2.40. The molecule has 0 atom stereocenters. The summed E-state index contributed by atoms with van der Waals surface area (Å²) in [5.41, 5.74) is 2.07. The highest BCUT2D eigenvalue weighted by Gasteiger charge is 2.16. The summed E-state index contributed by atoms with van der Waals surface area (Å²) in [6, 6.07) is 9.18. The Balaban J connectivity index is 1.82. The van der Waals surface area contributed by atoms with Crippen LogP contribution in [0.4, 0.5) is 11.4 Å². The fraction of sp³-hybridized carbons (Fsp3) is 0.250. The Morgan fingerprint density at radius 3 is 2.70 bits per heavy atom. The van der Waals surface area contributed by atoms with Crippen molar-refractivity contribution in [3.05, 3.63) is 52.3 Å². The van der Waals surface area contributed by atoms with E-state index in [1.807, 2.05) is 24.3 Å². The summed E-state index contributed by atoms with van der Waals surface area (Å²) in [4.78, 5) is 18.5. The van der Waals surface area contributed by atoms with E-state index in [0.29, 0.717) is 18.8 Å². The van der Waals surface area contributed by atoms with Gasteiger partial charge >= 0.3 is 0 Å². The van der Waals surface area contributed by atoms with E-state index >= 15 is 0 Å². The fourth-order valence-corrected chi connectivity index (χ4v) is 2.67. The lowest BCUT2D eigenvalue weighted by Crippen LogP contribution is -2.36. The molecular weight excluding hydrogens is 337 g/mol. The second-order valence-electron chi connectivity index (χ2n) is 5.07. The number of ether oxygens (including phenoxy) is 1. The highest BCUT2D eigenvalue weighted by atomic mass is 35.5. The van der Waals surface area contributed by atoms with Crippen LogP contribution < -0.4 is 10.2 Å². The predicted octanol–water partition coefficient (Wildman–Crippen LogP) is 3.48. The van der Waals surface area contributed by atoms with Gasteiger partial charge in [0.2, 0.25) is 0 Å². The highest BCUT2D eigenvalue weighted by molar-refractivity contribution is 6.41. The molecule has 0 spiro atoms. The lowest BCUT2D eigenvalue weighted by molar-refractivity contribution is 0.102. The maximum Gasteiger partial charge on any atom is 0.257 e. The van der Waals surface area contributed by atoms with Crippen LogP contribution in [0.3, 0.4) is 0 Å². The molecule has 7 heteroatoms. The van der Waals surface area contributed by atoms with Crippen LogP contribution in [0, 0.1) is 0 Å². The first kappa shape index (κ1) is 16.1. The van der Waals surface area contributed by atoms with Crippen LogP contribution in [0.25, 0.3) is 0 Å². The van der Waals surface area contributed by atoms with Crippen molar-refractivity contribution in [2.45, 2.75) is 0 Å². The van der Waals surface area contributed by atoms with Gasteiger partial charge in [-0.15, -0.1) is 0 Å². The topological polar surface area (TPSA) is 54.5 Å². The molecule has 120 valence electrons. The van der Waals surface area contributed by atoms with Crippen LogP contribution in [-0.4, -0.2) is 37.2 Å². The van der Waals surface area contributed by atoms with Crippen molar-refractivity contribution in [2.75, 3.05) is 36.5 Å². The maximum atomic E-state index is 12.4. The van der Waals surface area contributed by atoms with Crippen LogP contribution in [0.5, 0.6) is 0 Å². The quantitative estimate of drug-likeness (QED) is 0.860. The van der Waals surface area contributed by atoms with E-state index in [9.17, 15) is 4.79 Å². The van der Waals surface area contributed by atoms with Crippen LogP contribution in [0.1, 0.15) is 10.4 Å². The molecule has 3 rings (SSSR count). The molecule has 0 radical (unpaired) electrons. The van der Waals surface area contributed by atoms with Crippen molar-refractivity contribution in [2.24, 2.45) is 0 Å². The lowest BCUT2D eigenvalue weighted by Gasteiger charge is -2.30. The summed E-state index contributed by atoms with van der Waals surface area (Å²) < 4.78 is 5.37. The zero-order valence-electron chi connectivity index (χ0n) is 12.3. The third-order valence-corrected chi connectivity index (χ3v) is 4.25. The summed E-state index contributed by atoms with van der Waals surface area (Å²) in [5, 5.41) is 3.34. The van der Waals surface area contributed by atoms with E-state index in [-0.39, 0.29) is 16.1 Å². The summed E-state index contributed by atoms with van der Waals surface area (Å²) in [6.07, 6.45) is 1.40. The van der Waals surface area contributed by atoms with Crippen LogP contribution in [-0.2, 0) is 4.74 Å². The second-order valence-corrected chi connectivity index (χ2v) is 5.83. The van der Waals surface area contributed by atoms with Crippen molar-refractivity contribution >= 4 is 40.5 Å². The largest absolute Gasteiger partial charge is 0.378 e. The molecule has 1 fully saturated rings. The number of halogens is 2. The first-order valence-corrected chi connectivity index (χ1v) is 7.95. The smallest absolute Gasteiger partial charge is 0.257 e. The van der Waals surface area contributed by atoms with Gasteiger partial charge in [0.05, 0.1) is 35.2 Å². The lowest BCUT2D eigenvalue weighted by atomic mass is 10.2. The Bertz CT molecular complexity index is 718. The molecular formula is C16H15Cl2N3O2. The average Bonchev–Trinajstić information content (AvgIpc) is 2.58. The number of carbonyl (C=O) groups excluding carboxylic acids is 1. The summed E-state index contributed by atoms with van der Waals surface area (Å²) in [5.74, 6) is -0.281. The van der Waals surface area contributed by atoms with Crippen molar-refractivity contribution in [3.8, 4) is 0 Å². The zero-order chi connectivity index (χ0) is 16.2. The Hall–Kier alpha value is -1.82. The highest BCUT2D eigenvalue weighted by Crippen LogP contribution is 2.27. The molecule has 0 bridgehead atoms. The number of benzene rings is 1. The first-order valence-electron chi connectivity index (χ1n) is 7.19. The molecule has 1 aliphatic rings. The number of morpholine rings is 1. The summed E-state index contributed by atoms with van der Waals surface area (Å²) in [7, 11) is 0. The molecule has 0 unspecified atom stereocenters. The van der Waals surface area contributed by atoms with Gasteiger partial charge in [0.15, 0.2) is 0 Å². The van der Waals surface area contributed by atoms with E-state index in [4.69, 9.17) is 27.9 Å². The molecule has 1 aromatic heterocycles. The van der Waals surface area contributed by atoms with Gasteiger partial charge in [-0.05, 0) is 18.2 Å². The van der Waals surface area contributed by atoms with Gasteiger partial charge in [0.1, 0.15) is 5.15 Å². The van der Waals surface area contributed by atoms with Crippen LogP contribution >= 0.6 is 23.2 Å². The summed E-state index contributed by atoms with van der Waals surface area (Å²) in [6.45, 7) is 2.94. The van der Waals surface area contributed by atoms with Gasteiger partial charge in [0.25, 0.3) is 5.91 Å². The number of nitrogens with one attached hydrogen (secondary N) is 1.